The van der Waals surface area contributed by atoms with E-state index in [1.165, 1.54) is 17.2 Å². The number of hydrogen-bond acceptors (Lipinski definition) is 3. The van der Waals surface area contributed by atoms with Gasteiger partial charge in [-0.1, -0.05) is 30.3 Å². The average Bonchev–Trinajstić information content (AvgIpc) is 2.50. The Hall–Kier alpha value is -2.69. The number of rotatable bonds is 5. The number of carbonyl (C=O) groups is 1. The van der Waals surface area contributed by atoms with E-state index in [1.807, 2.05) is 20.8 Å². The fraction of sp³-hybridized carbons (Fsp3) is 0.316. The van der Waals surface area contributed by atoms with Crippen LogP contribution in [0, 0.1) is 30.9 Å². The zero-order valence-electron chi connectivity index (χ0n) is 14.4. The fourth-order valence-electron chi connectivity index (χ4n) is 2.83. The monoisotopic (exact) mass is 326 g/mol. The Kier molecular flexibility index (Phi) is 5.34. The summed E-state index contributed by atoms with van der Waals surface area (Å²) < 4.78 is 0. The molecule has 126 valence electrons. The van der Waals surface area contributed by atoms with Gasteiger partial charge in [0.05, 0.1) is 17.4 Å². The molecule has 0 heterocycles. The second kappa shape index (κ2) is 7.25. The number of benzene rings is 2. The highest BCUT2D eigenvalue weighted by atomic mass is 16.6. The molecule has 5 nitrogen and oxygen atoms in total. The largest absolute Gasteiger partial charge is 0.349 e. The third-order valence-electron chi connectivity index (χ3n) is 4.27. The second-order valence-corrected chi connectivity index (χ2v) is 6.14. The van der Waals surface area contributed by atoms with Gasteiger partial charge in [-0.25, -0.2) is 0 Å². The van der Waals surface area contributed by atoms with E-state index >= 15 is 0 Å². The van der Waals surface area contributed by atoms with Crippen molar-refractivity contribution in [3.05, 3.63) is 74.3 Å². The summed E-state index contributed by atoms with van der Waals surface area (Å²) in [5.41, 5.74) is 4.97. The number of para-hydroxylation sites is 1. The highest BCUT2D eigenvalue weighted by Gasteiger charge is 2.18. The zero-order chi connectivity index (χ0) is 17.9. The highest BCUT2D eigenvalue weighted by Crippen LogP contribution is 2.22. The van der Waals surface area contributed by atoms with Crippen molar-refractivity contribution in [1.29, 1.82) is 0 Å². The minimum absolute atomic E-state index is 0.00855. The summed E-state index contributed by atoms with van der Waals surface area (Å²) in [6, 6.07) is 10.4. The van der Waals surface area contributed by atoms with E-state index in [-0.39, 0.29) is 24.1 Å². The molecular weight excluding hydrogens is 304 g/mol. The van der Waals surface area contributed by atoms with Crippen LogP contribution in [0.1, 0.15) is 40.8 Å². The van der Waals surface area contributed by atoms with E-state index in [2.05, 4.69) is 24.4 Å². The zero-order valence-corrected chi connectivity index (χ0v) is 14.4. The smallest absolute Gasteiger partial charge is 0.273 e. The Labute approximate surface area is 141 Å². The molecule has 1 amide bonds. The number of nitrogens with one attached hydrogen (secondary N) is 1. The first-order chi connectivity index (χ1) is 11.3. The van der Waals surface area contributed by atoms with Crippen LogP contribution in [0.25, 0.3) is 0 Å². The molecule has 1 unspecified atom stereocenters. The Balaban J connectivity index is 2.13. The summed E-state index contributed by atoms with van der Waals surface area (Å²) in [6.07, 6.45) is -0.00855. The van der Waals surface area contributed by atoms with Gasteiger partial charge in [0.25, 0.3) is 5.69 Å². The summed E-state index contributed by atoms with van der Waals surface area (Å²) in [6.45, 7) is 8.05. The lowest BCUT2D eigenvalue weighted by Crippen LogP contribution is -2.28. The van der Waals surface area contributed by atoms with Crippen molar-refractivity contribution in [2.45, 2.75) is 40.2 Å². The molecule has 2 aromatic carbocycles. The maximum Gasteiger partial charge on any atom is 0.273 e. The highest BCUT2D eigenvalue weighted by molar-refractivity contribution is 5.80. The van der Waals surface area contributed by atoms with E-state index in [9.17, 15) is 14.9 Å². The van der Waals surface area contributed by atoms with Crippen LogP contribution in [0.2, 0.25) is 0 Å². The second-order valence-electron chi connectivity index (χ2n) is 6.14. The molecule has 0 saturated carbocycles. The van der Waals surface area contributed by atoms with Crippen LogP contribution in [-0.2, 0) is 11.2 Å². The summed E-state index contributed by atoms with van der Waals surface area (Å²) in [4.78, 5) is 22.9. The van der Waals surface area contributed by atoms with Gasteiger partial charge in [-0.2, -0.15) is 0 Å². The molecule has 0 bridgehead atoms. The molecule has 5 heteroatoms. The predicted octanol–water partition coefficient (Wildman–Crippen LogP) is 3.94. The molecule has 0 aliphatic heterocycles. The van der Waals surface area contributed by atoms with Crippen molar-refractivity contribution in [2.75, 3.05) is 0 Å². The molecule has 0 spiro atoms. The Morgan fingerprint density at radius 2 is 1.75 bits per heavy atom. The van der Waals surface area contributed by atoms with E-state index in [0.717, 1.165) is 11.1 Å². The summed E-state index contributed by atoms with van der Waals surface area (Å²) in [5.74, 6) is -0.227. The molecule has 1 atom stereocenters. The van der Waals surface area contributed by atoms with E-state index in [0.29, 0.717) is 5.56 Å². The van der Waals surface area contributed by atoms with Gasteiger partial charge in [-0.05, 0) is 49.9 Å². The molecular formula is C19H22N2O3. The van der Waals surface area contributed by atoms with Crippen molar-refractivity contribution in [1.82, 2.24) is 5.32 Å². The molecule has 2 rings (SSSR count). The molecule has 0 aromatic heterocycles. The van der Waals surface area contributed by atoms with Crippen molar-refractivity contribution in [2.24, 2.45) is 0 Å². The van der Waals surface area contributed by atoms with Crippen molar-refractivity contribution >= 4 is 11.6 Å². The van der Waals surface area contributed by atoms with Crippen LogP contribution in [0.3, 0.4) is 0 Å². The topological polar surface area (TPSA) is 72.2 Å². The van der Waals surface area contributed by atoms with Gasteiger partial charge in [-0.3, -0.25) is 14.9 Å². The SMILES string of the molecule is Cc1cc(C)c(C(C)NC(=O)Cc2ccccc2[N+](=O)[O-])cc1C. The van der Waals surface area contributed by atoms with Crippen LogP contribution in [0.4, 0.5) is 5.69 Å². The van der Waals surface area contributed by atoms with Gasteiger partial charge in [-0.15, -0.1) is 0 Å². The maximum absolute atomic E-state index is 12.3. The molecule has 1 N–H and O–H groups in total. The Bertz CT molecular complexity index is 784. The van der Waals surface area contributed by atoms with Gasteiger partial charge >= 0.3 is 0 Å². The number of aryl methyl sites for hydroxylation is 3. The van der Waals surface area contributed by atoms with Crippen LogP contribution in [0.5, 0.6) is 0 Å². The summed E-state index contributed by atoms with van der Waals surface area (Å²) >= 11 is 0. The van der Waals surface area contributed by atoms with Gasteiger partial charge in [0, 0.05) is 11.6 Å². The number of hydrogen-bond donors (Lipinski definition) is 1. The third-order valence-corrected chi connectivity index (χ3v) is 4.27. The van der Waals surface area contributed by atoms with Gasteiger partial charge in [0.2, 0.25) is 5.91 Å². The van der Waals surface area contributed by atoms with Crippen LogP contribution >= 0.6 is 0 Å². The number of carbonyl (C=O) groups excluding carboxylic acids is 1. The van der Waals surface area contributed by atoms with Gasteiger partial charge in [0.15, 0.2) is 0 Å². The normalized spacial score (nSPS) is 11.8. The lowest BCUT2D eigenvalue weighted by molar-refractivity contribution is -0.385. The lowest BCUT2D eigenvalue weighted by Gasteiger charge is -2.18. The quantitative estimate of drug-likeness (QED) is 0.668. The molecule has 2 aromatic rings. The van der Waals surface area contributed by atoms with Gasteiger partial charge in [0.1, 0.15) is 0 Å². The fourth-order valence-corrected chi connectivity index (χ4v) is 2.83. The van der Waals surface area contributed by atoms with Crippen molar-refractivity contribution in [3.63, 3.8) is 0 Å². The molecule has 0 aliphatic carbocycles. The van der Waals surface area contributed by atoms with Crippen molar-refractivity contribution in [3.8, 4) is 0 Å². The average molecular weight is 326 g/mol. The van der Waals surface area contributed by atoms with E-state index < -0.39 is 4.92 Å². The number of nitro benzene ring substituents is 1. The summed E-state index contributed by atoms with van der Waals surface area (Å²) in [5, 5.41) is 14.0. The Morgan fingerprint density at radius 1 is 1.12 bits per heavy atom. The molecule has 24 heavy (non-hydrogen) atoms. The minimum Gasteiger partial charge on any atom is -0.349 e. The van der Waals surface area contributed by atoms with Crippen LogP contribution in [0.15, 0.2) is 36.4 Å². The van der Waals surface area contributed by atoms with Crippen LogP contribution < -0.4 is 5.32 Å². The number of amides is 1. The maximum atomic E-state index is 12.3. The van der Waals surface area contributed by atoms with Gasteiger partial charge < -0.3 is 5.32 Å². The Morgan fingerprint density at radius 3 is 2.42 bits per heavy atom. The first-order valence-electron chi connectivity index (χ1n) is 7.89. The molecule has 0 fully saturated rings. The lowest BCUT2D eigenvalue weighted by atomic mass is 9.96. The number of nitro groups is 1. The molecule has 0 saturated heterocycles. The summed E-state index contributed by atoms with van der Waals surface area (Å²) in [7, 11) is 0. The van der Waals surface area contributed by atoms with E-state index in [1.54, 1.807) is 18.2 Å². The first kappa shape index (κ1) is 17.7. The first-order valence-corrected chi connectivity index (χ1v) is 7.89. The van der Waals surface area contributed by atoms with Crippen molar-refractivity contribution < 1.29 is 9.72 Å². The standard InChI is InChI=1S/C19H22N2O3/c1-12-9-14(3)17(10-13(12)2)15(4)20-19(22)11-16-7-5-6-8-18(16)21(23)24/h5-10,15H,11H2,1-4H3,(H,20,22). The van der Waals surface area contributed by atoms with E-state index in [4.69, 9.17) is 0 Å². The minimum atomic E-state index is -0.459. The predicted molar refractivity (Wildman–Crippen MR) is 94.0 cm³/mol. The third kappa shape index (κ3) is 3.98. The van der Waals surface area contributed by atoms with Crippen LogP contribution in [-0.4, -0.2) is 10.8 Å². The number of nitrogens with zero attached hydrogens (tertiary/aromatic N) is 1. The molecule has 0 radical (unpaired) electrons. The molecule has 0 aliphatic rings.